The lowest BCUT2D eigenvalue weighted by atomic mass is 10.1. The first-order chi connectivity index (χ1) is 41.2. The van der Waals surface area contributed by atoms with E-state index in [2.05, 4.69) is 71.6 Å². The summed E-state index contributed by atoms with van der Waals surface area (Å²) in [4.78, 5) is 22.4. The molecule has 1 fully saturated rings. The Bertz CT molecular complexity index is 1340. The lowest BCUT2D eigenvalue weighted by Gasteiger charge is -2.34. The Hall–Kier alpha value is -0.670. The first-order valence-corrected chi connectivity index (χ1v) is 39.0. The summed E-state index contributed by atoms with van der Waals surface area (Å²) in [5.74, 6) is 2.08. The van der Waals surface area contributed by atoms with Gasteiger partial charge in [-0.25, -0.2) is 0 Å². The van der Waals surface area contributed by atoms with Gasteiger partial charge in [-0.3, -0.25) is 19.5 Å². The van der Waals surface area contributed by atoms with E-state index in [4.69, 9.17) is 4.74 Å². The lowest BCUT2D eigenvalue weighted by Crippen LogP contribution is -2.47. The molecule has 0 aliphatic carbocycles. The van der Waals surface area contributed by atoms with Crippen molar-refractivity contribution in [2.24, 2.45) is 0 Å². The maximum absolute atomic E-state index is 12.8. The fourth-order valence-electron chi connectivity index (χ4n) is 11.8. The summed E-state index contributed by atoms with van der Waals surface area (Å²) in [5, 5.41) is 44.2. The number of aliphatic hydroxyl groups excluding tert-OH is 4. The second-order valence-corrected chi connectivity index (χ2v) is 28.3. The van der Waals surface area contributed by atoms with Crippen molar-refractivity contribution in [2.45, 2.75) is 335 Å². The van der Waals surface area contributed by atoms with Gasteiger partial charge in [0.25, 0.3) is 0 Å². The van der Waals surface area contributed by atoms with E-state index in [1.54, 1.807) is 0 Å². The number of carbonyl (C=O) groups is 1. The smallest absolute Gasteiger partial charge is 0.305 e. The third-order valence-corrected chi connectivity index (χ3v) is 19.8. The van der Waals surface area contributed by atoms with Crippen LogP contribution in [0, 0.1) is 0 Å². The molecule has 0 spiro atoms. The molecule has 0 aromatic heterocycles. The van der Waals surface area contributed by atoms with Crippen molar-refractivity contribution in [3.63, 3.8) is 0 Å². The molecule has 1 aliphatic heterocycles. The molecule has 0 saturated carbocycles. The standard InChI is InChI=1S/C72H142N4O6S2/c1-5-9-13-17-21-23-25-27-29-31-33-35-39-43-50-70(79)66-76(67-71(80)51-44-40-36-34-32-30-28-26-24-22-18-14-10-6-2)55-47-63-84-83-62-46-54-73-56-58-74(59-57-73)60-61-82-72(81)52-45-53-75(64-68(77)48-41-37-19-15-11-7-3)65-69(78)49-42-38-20-16-12-8-4/h27-30,68-71,77-80H,5-26,31-67H2,1-4H3/b29-27-,30-28-. The van der Waals surface area contributed by atoms with Crippen LogP contribution in [0.2, 0.25) is 0 Å². The van der Waals surface area contributed by atoms with Crippen molar-refractivity contribution < 1.29 is 30.0 Å². The molecular weight excluding hydrogens is 1080 g/mol. The van der Waals surface area contributed by atoms with Crippen LogP contribution in [0.15, 0.2) is 24.3 Å². The normalized spacial score (nSPS) is 15.2. The zero-order chi connectivity index (χ0) is 60.9. The highest BCUT2D eigenvalue weighted by Crippen LogP contribution is 2.24. The minimum Gasteiger partial charge on any atom is -0.464 e. The molecular formula is C72H142N4O6S2. The van der Waals surface area contributed by atoms with Crippen molar-refractivity contribution in [1.29, 1.82) is 0 Å². The van der Waals surface area contributed by atoms with Crippen LogP contribution in [0.5, 0.6) is 0 Å². The fourth-order valence-corrected chi connectivity index (χ4v) is 13.9. The van der Waals surface area contributed by atoms with Gasteiger partial charge in [-0.2, -0.15) is 0 Å². The maximum Gasteiger partial charge on any atom is 0.305 e. The topological polar surface area (TPSA) is 120 Å². The summed E-state index contributed by atoms with van der Waals surface area (Å²) >= 11 is 0. The molecule has 4 N–H and O–H groups in total. The van der Waals surface area contributed by atoms with Crippen LogP contribution in [0.25, 0.3) is 0 Å². The Morgan fingerprint density at radius 3 is 1.05 bits per heavy atom. The maximum atomic E-state index is 12.8. The van der Waals surface area contributed by atoms with Gasteiger partial charge < -0.3 is 30.1 Å². The first-order valence-electron chi connectivity index (χ1n) is 36.5. The van der Waals surface area contributed by atoms with Gasteiger partial charge in [0.15, 0.2) is 0 Å². The highest BCUT2D eigenvalue weighted by Gasteiger charge is 2.20. The number of piperazine rings is 1. The van der Waals surface area contributed by atoms with Gasteiger partial charge in [0.05, 0.1) is 24.4 Å². The van der Waals surface area contributed by atoms with Crippen LogP contribution in [0.3, 0.4) is 0 Å². The van der Waals surface area contributed by atoms with Crippen molar-refractivity contribution >= 4 is 27.6 Å². The number of hydrogen-bond acceptors (Lipinski definition) is 12. The first kappa shape index (κ1) is 81.3. The van der Waals surface area contributed by atoms with Gasteiger partial charge in [0, 0.05) is 76.8 Å². The molecule has 1 rings (SSSR count). The average Bonchev–Trinajstić information content (AvgIpc) is 3.56. The quantitative estimate of drug-likeness (QED) is 0.0201. The number of allylic oxidation sites excluding steroid dienone is 4. The molecule has 10 nitrogen and oxygen atoms in total. The van der Waals surface area contributed by atoms with Gasteiger partial charge in [-0.1, -0.05) is 253 Å². The Kier molecular flexibility index (Phi) is 61.9. The second kappa shape index (κ2) is 63.9. The molecule has 1 heterocycles. The van der Waals surface area contributed by atoms with Crippen molar-refractivity contribution in [3.8, 4) is 0 Å². The van der Waals surface area contributed by atoms with Crippen LogP contribution in [0.4, 0.5) is 0 Å². The summed E-state index contributed by atoms with van der Waals surface area (Å²) in [6.45, 7) is 19.5. The molecule has 84 heavy (non-hydrogen) atoms. The highest BCUT2D eigenvalue weighted by molar-refractivity contribution is 8.76. The van der Waals surface area contributed by atoms with Crippen molar-refractivity contribution in [3.05, 3.63) is 24.3 Å². The Morgan fingerprint density at radius 1 is 0.393 bits per heavy atom. The molecule has 0 aromatic rings. The number of unbranched alkanes of at least 4 members (excludes halogenated alkanes) is 30. The molecule has 0 amide bonds. The zero-order valence-electron chi connectivity index (χ0n) is 56.0. The summed E-state index contributed by atoms with van der Waals surface area (Å²) in [6, 6.07) is 0. The summed E-state index contributed by atoms with van der Waals surface area (Å²) < 4.78 is 5.72. The van der Waals surface area contributed by atoms with Crippen molar-refractivity contribution in [2.75, 3.05) is 96.6 Å². The monoisotopic (exact) mass is 1220 g/mol. The minimum atomic E-state index is -0.403. The molecule has 0 radical (unpaired) electrons. The third-order valence-electron chi connectivity index (χ3n) is 17.2. The van der Waals surface area contributed by atoms with Crippen LogP contribution < -0.4 is 0 Å². The molecule has 4 atom stereocenters. The molecule has 1 aliphatic rings. The van der Waals surface area contributed by atoms with E-state index >= 15 is 0 Å². The predicted octanol–water partition coefficient (Wildman–Crippen LogP) is 17.9. The van der Waals surface area contributed by atoms with Gasteiger partial charge >= 0.3 is 5.97 Å². The van der Waals surface area contributed by atoms with Crippen LogP contribution in [-0.4, -0.2) is 167 Å². The van der Waals surface area contributed by atoms with E-state index in [0.29, 0.717) is 52.2 Å². The van der Waals surface area contributed by atoms with Crippen LogP contribution >= 0.6 is 21.6 Å². The third kappa shape index (κ3) is 56.6. The van der Waals surface area contributed by atoms with Gasteiger partial charge in [-0.05, 0) is 116 Å². The van der Waals surface area contributed by atoms with Gasteiger partial charge in [0.1, 0.15) is 6.61 Å². The van der Waals surface area contributed by atoms with Crippen LogP contribution in [-0.2, 0) is 9.53 Å². The predicted molar refractivity (Wildman–Crippen MR) is 370 cm³/mol. The largest absolute Gasteiger partial charge is 0.464 e. The van der Waals surface area contributed by atoms with Crippen LogP contribution in [0.1, 0.15) is 310 Å². The fraction of sp³-hybridized carbons (Fsp3) is 0.931. The zero-order valence-corrected chi connectivity index (χ0v) is 57.7. The lowest BCUT2D eigenvalue weighted by molar-refractivity contribution is -0.144. The Morgan fingerprint density at radius 2 is 0.690 bits per heavy atom. The molecule has 498 valence electrons. The number of rotatable bonds is 66. The number of esters is 1. The number of nitrogens with zero attached hydrogens (tertiary/aromatic N) is 4. The highest BCUT2D eigenvalue weighted by atomic mass is 33.1. The molecule has 1 saturated heterocycles. The Labute approximate surface area is 529 Å². The van der Waals surface area contributed by atoms with E-state index in [1.807, 2.05) is 21.6 Å². The van der Waals surface area contributed by atoms with E-state index in [9.17, 15) is 25.2 Å². The number of carbonyl (C=O) groups excluding carboxylic acids is 1. The van der Waals surface area contributed by atoms with Crippen molar-refractivity contribution in [1.82, 2.24) is 19.6 Å². The summed E-state index contributed by atoms with van der Waals surface area (Å²) in [6.07, 6.45) is 59.8. The molecule has 0 aromatic carbocycles. The molecule has 12 heteroatoms. The van der Waals surface area contributed by atoms with E-state index < -0.39 is 12.2 Å². The summed E-state index contributed by atoms with van der Waals surface area (Å²) in [5.41, 5.74) is 0. The second-order valence-electron chi connectivity index (χ2n) is 25.6. The molecule has 0 bridgehead atoms. The van der Waals surface area contributed by atoms with E-state index in [-0.39, 0.29) is 18.2 Å². The average molecular weight is 1220 g/mol. The number of ether oxygens (including phenoxy) is 1. The van der Waals surface area contributed by atoms with Gasteiger partial charge in [-0.15, -0.1) is 0 Å². The Balaban J connectivity index is 2.38. The van der Waals surface area contributed by atoms with E-state index in [1.165, 1.54) is 212 Å². The van der Waals surface area contributed by atoms with Gasteiger partial charge in [0.2, 0.25) is 0 Å². The molecule has 4 unspecified atom stereocenters. The minimum absolute atomic E-state index is 0.146. The number of aliphatic hydroxyl groups is 4. The number of hydrogen-bond donors (Lipinski definition) is 4. The van der Waals surface area contributed by atoms with E-state index in [0.717, 1.165) is 115 Å². The SMILES string of the molecule is CCCCCCCC/C=C\CCCCCCC(O)CN(CCCSSCCCN1CCN(CCOC(=O)CCCN(CC(O)CCCCCCCC)CC(O)CCCCCCCC)CC1)CC(O)CCCCCC/C=C\CCCCCCCC. The summed E-state index contributed by atoms with van der Waals surface area (Å²) in [7, 11) is 3.97.